The van der Waals surface area contributed by atoms with E-state index < -0.39 is 27.7 Å². The predicted molar refractivity (Wildman–Crippen MR) is 126 cm³/mol. The molecule has 4 rings (SSSR count). The molecule has 4 N–H and O–H groups in total. The standard InChI is InChI=1S/C24H21FN4O4S/c1-15-6-11-19(34(32,33)29-18-9-7-17(25)8-10-18)13-21(15)24(31)28-27-23(30)12-16-14-26-22-5-3-2-4-20(16)22/h2-11,13-14,26,29H,12H2,1H3,(H,27,30)(H,28,31). The van der Waals surface area contributed by atoms with Crippen LogP contribution in [-0.2, 0) is 21.2 Å². The number of aryl methyl sites for hydroxylation is 1. The lowest BCUT2D eigenvalue weighted by Crippen LogP contribution is -2.42. The van der Waals surface area contributed by atoms with Gasteiger partial charge in [-0.2, -0.15) is 0 Å². The SMILES string of the molecule is Cc1ccc(S(=O)(=O)Nc2ccc(F)cc2)cc1C(=O)NNC(=O)Cc1c[nH]c2ccccc12. The Morgan fingerprint density at radius 2 is 1.71 bits per heavy atom. The summed E-state index contributed by atoms with van der Waals surface area (Å²) in [5.41, 5.74) is 7.14. The minimum atomic E-state index is -4.03. The van der Waals surface area contributed by atoms with Crippen LogP contribution in [0.4, 0.5) is 10.1 Å². The van der Waals surface area contributed by atoms with E-state index in [2.05, 4.69) is 20.6 Å². The van der Waals surface area contributed by atoms with Crippen LogP contribution in [0.1, 0.15) is 21.5 Å². The molecule has 0 aliphatic heterocycles. The molecule has 0 saturated carbocycles. The first-order valence-electron chi connectivity index (χ1n) is 10.3. The maximum Gasteiger partial charge on any atom is 0.269 e. The zero-order valence-corrected chi connectivity index (χ0v) is 18.9. The molecule has 3 aromatic carbocycles. The summed E-state index contributed by atoms with van der Waals surface area (Å²) in [5, 5.41) is 0.909. The topological polar surface area (TPSA) is 120 Å². The van der Waals surface area contributed by atoms with Crippen LogP contribution in [0.15, 0.2) is 77.8 Å². The van der Waals surface area contributed by atoms with Gasteiger partial charge >= 0.3 is 0 Å². The number of hydrazine groups is 1. The van der Waals surface area contributed by atoms with Gasteiger partial charge in [-0.3, -0.25) is 25.2 Å². The number of amides is 2. The van der Waals surface area contributed by atoms with Crippen molar-refractivity contribution in [1.29, 1.82) is 0 Å². The molecule has 2 amide bonds. The molecule has 1 heterocycles. The van der Waals surface area contributed by atoms with Gasteiger partial charge in [0.05, 0.1) is 11.3 Å². The Kier molecular flexibility index (Phi) is 6.33. The number of anilines is 1. The average Bonchev–Trinajstić information content (AvgIpc) is 3.22. The number of nitrogens with one attached hydrogen (secondary N) is 4. The molecule has 0 fully saturated rings. The van der Waals surface area contributed by atoms with Gasteiger partial charge in [-0.1, -0.05) is 24.3 Å². The van der Waals surface area contributed by atoms with E-state index in [9.17, 15) is 22.4 Å². The van der Waals surface area contributed by atoms with Crippen LogP contribution in [0.2, 0.25) is 0 Å². The molecule has 0 atom stereocenters. The van der Waals surface area contributed by atoms with E-state index in [1.807, 2.05) is 24.3 Å². The van der Waals surface area contributed by atoms with Crippen LogP contribution in [0.5, 0.6) is 0 Å². The largest absolute Gasteiger partial charge is 0.361 e. The van der Waals surface area contributed by atoms with Crippen molar-refractivity contribution >= 4 is 38.4 Å². The Morgan fingerprint density at radius 3 is 2.47 bits per heavy atom. The quantitative estimate of drug-likeness (QED) is 0.316. The second-order valence-electron chi connectivity index (χ2n) is 7.63. The first-order chi connectivity index (χ1) is 16.2. The van der Waals surface area contributed by atoms with E-state index >= 15 is 0 Å². The number of hydrogen-bond donors (Lipinski definition) is 4. The molecule has 8 nitrogen and oxygen atoms in total. The van der Waals surface area contributed by atoms with Gasteiger partial charge < -0.3 is 4.98 Å². The Hall–Kier alpha value is -4.18. The molecule has 34 heavy (non-hydrogen) atoms. The van der Waals surface area contributed by atoms with Crippen LogP contribution >= 0.6 is 0 Å². The fourth-order valence-corrected chi connectivity index (χ4v) is 4.52. The highest BCUT2D eigenvalue weighted by Gasteiger charge is 2.19. The van der Waals surface area contributed by atoms with Gasteiger partial charge in [-0.05, 0) is 60.5 Å². The number of carbonyl (C=O) groups is 2. The maximum atomic E-state index is 13.1. The van der Waals surface area contributed by atoms with Gasteiger partial charge in [0.15, 0.2) is 0 Å². The van der Waals surface area contributed by atoms with Crippen molar-refractivity contribution in [2.45, 2.75) is 18.2 Å². The van der Waals surface area contributed by atoms with Gasteiger partial charge in [0.2, 0.25) is 5.91 Å². The lowest BCUT2D eigenvalue weighted by molar-refractivity contribution is -0.121. The zero-order chi connectivity index (χ0) is 24.3. The fraction of sp³-hybridized carbons (Fsp3) is 0.0833. The van der Waals surface area contributed by atoms with Crippen LogP contribution in [-0.4, -0.2) is 25.2 Å². The lowest BCUT2D eigenvalue weighted by Gasteiger charge is -2.12. The summed E-state index contributed by atoms with van der Waals surface area (Å²) in [6.45, 7) is 1.65. The maximum absolute atomic E-state index is 13.1. The minimum Gasteiger partial charge on any atom is -0.361 e. The molecule has 4 aromatic rings. The number of halogens is 1. The highest BCUT2D eigenvalue weighted by molar-refractivity contribution is 7.92. The molecule has 1 aromatic heterocycles. The lowest BCUT2D eigenvalue weighted by atomic mass is 10.1. The summed E-state index contributed by atoms with van der Waals surface area (Å²) in [5.74, 6) is -1.59. The van der Waals surface area contributed by atoms with Gasteiger partial charge in [-0.25, -0.2) is 12.8 Å². The van der Waals surface area contributed by atoms with Crippen molar-refractivity contribution in [3.63, 3.8) is 0 Å². The molecule has 174 valence electrons. The summed E-state index contributed by atoms with van der Waals surface area (Å²) >= 11 is 0. The van der Waals surface area contributed by atoms with E-state index in [1.165, 1.54) is 30.3 Å². The van der Waals surface area contributed by atoms with Gasteiger partial charge in [0.25, 0.3) is 15.9 Å². The molecule has 0 unspecified atom stereocenters. The third-order valence-corrected chi connectivity index (χ3v) is 6.58. The Labute approximate surface area is 195 Å². The number of rotatable bonds is 6. The van der Waals surface area contributed by atoms with E-state index in [-0.39, 0.29) is 22.6 Å². The van der Waals surface area contributed by atoms with E-state index in [1.54, 1.807) is 13.1 Å². The number of carbonyl (C=O) groups excluding carboxylic acids is 2. The van der Waals surface area contributed by atoms with Crippen molar-refractivity contribution in [3.05, 3.63) is 95.4 Å². The summed E-state index contributed by atoms with van der Waals surface area (Å²) in [6.07, 6.45) is 1.78. The van der Waals surface area contributed by atoms with Crippen LogP contribution in [0.3, 0.4) is 0 Å². The third kappa shape index (κ3) is 5.07. The molecule has 10 heteroatoms. The molecule has 0 bridgehead atoms. The van der Waals surface area contributed by atoms with Crippen molar-refractivity contribution in [2.75, 3.05) is 4.72 Å². The van der Waals surface area contributed by atoms with E-state index in [0.29, 0.717) is 5.56 Å². The van der Waals surface area contributed by atoms with Crippen LogP contribution < -0.4 is 15.6 Å². The predicted octanol–water partition coefficient (Wildman–Crippen LogP) is 3.42. The second-order valence-corrected chi connectivity index (χ2v) is 9.31. The third-order valence-electron chi connectivity index (χ3n) is 5.20. The van der Waals surface area contributed by atoms with Crippen LogP contribution in [0.25, 0.3) is 10.9 Å². The molecule has 0 saturated heterocycles. The van der Waals surface area contributed by atoms with Gasteiger partial charge in [0.1, 0.15) is 5.82 Å². The highest BCUT2D eigenvalue weighted by atomic mass is 32.2. The molecule has 0 spiro atoms. The van der Waals surface area contributed by atoms with Crippen molar-refractivity contribution < 1.29 is 22.4 Å². The van der Waals surface area contributed by atoms with Crippen molar-refractivity contribution in [3.8, 4) is 0 Å². The van der Waals surface area contributed by atoms with Gasteiger partial charge in [-0.15, -0.1) is 0 Å². The number of para-hydroxylation sites is 1. The average molecular weight is 481 g/mol. The number of hydrogen-bond acceptors (Lipinski definition) is 4. The highest BCUT2D eigenvalue weighted by Crippen LogP contribution is 2.20. The number of sulfonamides is 1. The smallest absolute Gasteiger partial charge is 0.269 e. The first-order valence-corrected chi connectivity index (χ1v) is 11.7. The molecule has 0 radical (unpaired) electrons. The second kappa shape index (κ2) is 9.36. The number of benzene rings is 3. The van der Waals surface area contributed by atoms with Gasteiger partial charge in [0, 0.05) is 28.4 Å². The monoisotopic (exact) mass is 480 g/mol. The van der Waals surface area contributed by atoms with Crippen molar-refractivity contribution in [2.24, 2.45) is 0 Å². The van der Waals surface area contributed by atoms with E-state index in [4.69, 9.17) is 0 Å². The molecular weight excluding hydrogens is 459 g/mol. The molecule has 0 aliphatic carbocycles. The van der Waals surface area contributed by atoms with E-state index in [0.717, 1.165) is 28.6 Å². The fourth-order valence-electron chi connectivity index (χ4n) is 3.43. The molecule has 0 aliphatic rings. The first kappa shape index (κ1) is 23.0. The Morgan fingerprint density at radius 1 is 0.971 bits per heavy atom. The Balaban J connectivity index is 1.44. The number of fused-ring (bicyclic) bond motifs is 1. The van der Waals surface area contributed by atoms with Crippen LogP contribution in [0, 0.1) is 12.7 Å². The summed E-state index contributed by atoms with van der Waals surface area (Å²) in [6, 6.07) is 16.4. The minimum absolute atomic E-state index is 0.0410. The molecular formula is C24H21FN4O4S. The van der Waals surface area contributed by atoms with Crippen molar-refractivity contribution in [1.82, 2.24) is 15.8 Å². The Bertz CT molecular complexity index is 1480. The summed E-state index contributed by atoms with van der Waals surface area (Å²) in [4.78, 5) is 28.0. The number of H-pyrrole nitrogens is 1. The summed E-state index contributed by atoms with van der Waals surface area (Å²) < 4.78 is 40.8. The summed E-state index contributed by atoms with van der Waals surface area (Å²) in [7, 11) is -4.03. The zero-order valence-electron chi connectivity index (χ0n) is 18.1. The normalized spacial score (nSPS) is 11.2. The number of aromatic nitrogens is 1. The number of aromatic amines is 1.